The minimum absolute atomic E-state index is 0.0417. The summed E-state index contributed by atoms with van der Waals surface area (Å²) in [7, 11) is 1.94. The van der Waals surface area contributed by atoms with Crippen LogP contribution in [0.2, 0.25) is 0 Å². The molecule has 0 saturated heterocycles. The van der Waals surface area contributed by atoms with Gasteiger partial charge in [-0.2, -0.15) is 11.5 Å². The Morgan fingerprint density at radius 2 is 2.25 bits per heavy atom. The topological polar surface area (TPSA) is 3.24 Å². The van der Waals surface area contributed by atoms with Gasteiger partial charge in [0, 0.05) is 0 Å². The van der Waals surface area contributed by atoms with Gasteiger partial charge in [-0.05, 0) is 19.3 Å². The van der Waals surface area contributed by atoms with Crippen molar-refractivity contribution in [1.29, 1.82) is 0 Å². The van der Waals surface area contributed by atoms with E-state index in [1.165, 1.54) is 0 Å². The molecule has 0 spiro atoms. The summed E-state index contributed by atoms with van der Waals surface area (Å²) in [5, 5.41) is 0. The molecule has 1 heterocycles. The van der Waals surface area contributed by atoms with Crippen LogP contribution in [0.4, 0.5) is 0 Å². The molecule has 0 atom stereocenters. The van der Waals surface area contributed by atoms with Crippen molar-refractivity contribution < 1.29 is 0 Å². The molecule has 1 nitrogen and oxygen atoms in total. The van der Waals surface area contributed by atoms with Crippen LogP contribution in [0.3, 0.4) is 0 Å². The fourth-order valence-corrected chi connectivity index (χ4v) is 0.708. The van der Waals surface area contributed by atoms with E-state index in [1.54, 1.807) is 0 Å². The van der Waals surface area contributed by atoms with Gasteiger partial charge in [0.2, 0.25) is 0 Å². The van der Waals surface area contributed by atoms with Gasteiger partial charge in [-0.15, -0.1) is 0 Å². The minimum Gasteiger partial charge on any atom is -0.407 e. The summed E-state index contributed by atoms with van der Waals surface area (Å²) in [5.41, 5.74) is 0. The lowest BCUT2D eigenvalue weighted by molar-refractivity contribution is 0.728. The van der Waals surface area contributed by atoms with Crippen LogP contribution >= 0.6 is 11.5 Å². The van der Waals surface area contributed by atoms with Gasteiger partial charge >= 0.3 is 6.26 Å². The Balaban J connectivity index is 2.59. The Bertz CT molecular complexity index is 116. The van der Waals surface area contributed by atoms with Gasteiger partial charge in [-0.1, -0.05) is 12.1 Å². The normalized spacial score (nSPS) is 17.8. The molecule has 0 saturated carbocycles. The molecule has 1 aliphatic heterocycles. The zero-order chi connectivity index (χ0) is 5.98. The summed E-state index contributed by atoms with van der Waals surface area (Å²) in [6.07, 6.45) is 5.88. The summed E-state index contributed by atoms with van der Waals surface area (Å²) in [6.45, 7) is 0. The van der Waals surface area contributed by atoms with Crippen LogP contribution in [-0.4, -0.2) is 18.1 Å². The first-order valence-corrected chi connectivity index (χ1v) is 2.95. The summed E-state index contributed by atoms with van der Waals surface area (Å²) in [5.74, 6) is 1.93. The van der Waals surface area contributed by atoms with Crippen molar-refractivity contribution in [2.24, 2.45) is 0 Å². The van der Waals surface area contributed by atoms with Crippen LogP contribution < -0.4 is 0 Å². The number of nitrogens with zero attached hydrogens (tertiary/aromatic N) is 1. The third-order valence-corrected chi connectivity index (χ3v) is 1.54. The van der Waals surface area contributed by atoms with Crippen LogP contribution in [0, 0.1) is 0 Å². The number of rotatable bonds is 0. The van der Waals surface area contributed by atoms with Gasteiger partial charge in [-0.3, -0.25) is 0 Å². The smallest absolute Gasteiger partial charge is 0.387 e. The molecule has 0 aromatic rings. The Hall–Kier alpha value is -0.365. The molecule has 0 aromatic heterocycles. The van der Waals surface area contributed by atoms with Crippen LogP contribution in [0.25, 0.3) is 0 Å². The molecule has 1 rings (SSSR count). The average molecular weight is 127 g/mol. The quantitative estimate of drug-likeness (QED) is 0.443. The molecule has 3 heteroatoms. The highest BCUT2D eigenvalue weighted by Gasteiger charge is 2.10. The Labute approximate surface area is 54.6 Å². The molecule has 0 unspecified atom stereocenters. The van der Waals surface area contributed by atoms with E-state index in [0.29, 0.717) is 0 Å². The van der Waals surface area contributed by atoms with Crippen LogP contribution in [0.1, 0.15) is 0 Å². The SMILES string of the molecule is CN1C=CC=CB1Cl. The highest BCUT2D eigenvalue weighted by atomic mass is 35.5. The standard InChI is InChI=1S/C5H7BClN/c1-8-5-3-2-4-6(8)7/h2-5H,1H3. The maximum atomic E-state index is 5.75. The van der Waals surface area contributed by atoms with Gasteiger partial charge in [0.25, 0.3) is 0 Å². The van der Waals surface area contributed by atoms with Crippen molar-refractivity contribution >= 4 is 17.7 Å². The molecule has 0 amide bonds. The molecule has 0 fully saturated rings. The van der Waals surface area contributed by atoms with E-state index in [9.17, 15) is 0 Å². The summed E-state index contributed by atoms with van der Waals surface area (Å²) >= 11 is 5.75. The Kier molecular flexibility index (Phi) is 1.64. The minimum atomic E-state index is 0.0417. The number of hydrogen-bond acceptors (Lipinski definition) is 1. The maximum absolute atomic E-state index is 5.75. The molecule has 1 aliphatic rings. The van der Waals surface area contributed by atoms with Crippen LogP contribution in [-0.2, 0) is 0 Å². The fourth-order valence-electron chi connectivity index (χ4n) is 0.559. The summed E-state index contributed by atoms with van der Waals surface area (Å²) in [4.78, 5) is 1.93. The van der Waals surface area contributed by atoms with E-state index in [0.717, 1.165) is 0 Å². The first kappa shape index (κ1) is 5.77. The number of halogens is 1. The summed E-state index contributed by atoms with van der Waals surface area (Å²) in [6, 6.07) is 0. The third-order valence-electron chi connectivity index (χ3n) is 1.09. The molecule has 0 aromatic carbocycles. The second kappa shape index (κ2) is 2.27. The molecule has 42 valence electrons. The van der Waals surface area contributed by atoms with Crippen molar-refractivity contribution in [2.75, 3.05) is 7.05 Å². The van der Waals surface area contributed by atoms with Crippen LogP contribution in [0.5, 0.6) is 0 Å². The van der Waals surface area contributed by atoms with Crippen molar-refractivity contribution in [3.63, 3.8) is 0 Å². The monoisotopic (exact) mass is 127 g/mol. The Morgan fingerprint density at radius 1 is 1.50 bits per heavy atom. The van der Waals surface area contributed by atoms with Gasteiger partial charge in [0.1, 0.15) is 0 Å². The van der Waals surface area contributed by atoms with E-state index >= 15 is 0 Å². The van der Waals surface area contributed by atoms with Gasteiger partial charge in [0.05, 0.1) is 0 Å². The zero-order valence-electron chi connectivity index (χ0n) is 4.71. The van der Waals surface area contributed by atoms with E-state index in [1.807, 2.05) is 36.2 Å². The first-order valence-electron chi connectivity index (χ1n) is 2.52. The highest BCUT2D eigenvalue weighted by molar-refractivity contribution is 7.08. The zero-order valence-corrected chi connectivity index (χ0v) is 5.47. The first-order chi connectivity index (χ1) is 3.80. The second-order valence-electron chi connectivity index (χ2n) is 1.76. The van der Waals surface area contributed by atoms with Crippen molar-refractivity contribution in [3.8, 4) is 0 Å². The van der Waals surface area contributed by atoms with Gasteiger partial charge in [0.15, 0.2) is 0 Å². The predicted molar refractivity (Wildman–Crippen MR) is 37.7 cm³/mol. The molecule has 0 bridgehead atoms. The van der Waals surface area contributed by atoms with Crippen molar-refractivity contribution in [2.45, 2.75) is 0 Å². The second-order valence-corrected chi connectivity index (χ2v) is 2.21. The van der Waals surface area contributed by atoms with E-state index in [-0.39, 0.29) is 6.26 Å². The largest absolute Gasteiger partial charge is 0.407 e. The van der Waals surface area contributed by atoms with E-state index in [2.05, 4.69) is 0 Å². The Morgan fingerprint density at radius 3 is 2.62 bits per heavy atom. The van der Waals surface area contributed by atoms with Crippen molar-refractivity contribution in [3.05, 3.63) is 24.3 Å². The maximum Gasteiger partial charge on any atom is 0.387 e. The molecular formula is C5H7BClN. The average Bonchev–Trinajstić information content (AvgIpc) is 1.77. The fraction of sp³-hybridized carbons (Fsp3) is 0.200. The van der Waals surface area contributed by atoms with Crippen LogP contribution in [0.15, 0.2) is 24.3 Å². The molecule has 0 N–H and O–H groups in total. The molecular weight excluding hydrogens is 120 g/mol. The van der Waals surface area contributed by atoms with Crippen molar-refractivity contribution in [1.82, 2.24) is 4.81 Å². The predicted octanol–water partition coefficient (Wildman–Crippen LogP) is 1.27. The van der Waals surface area contributed by atoms with Gasteiger partial charge < -0.3 is 4.81 Å². The number of hydrogen-bond donors (Lipinski definition) is 0. The van der Waals surface area contributed by atoms with E-state index < -0.39 is 0 Å². The molecule has 0 aliphatic carbocycles. The third kappa shape index (κ3) is 1.07. The number of allylic oxidation sites excluding steroid dienone is 2. The lowest BCUT2D eigenvalue weighted by Crippen LogP contribution is -2.25. The lowest BCUT2D eigenvalue weighted by Gasteiger charge is -2.16. The highest BCUT2D eigenvalue weighted by Crippen LogP contribution is 2.03. The molecule has 8 heavy (non-hydrogen) atoms. The van der Waals surface area contributed by atoms with Gasteiger partial charge in [-0.25, -0.2) is 0 Å². The lowest BCUT2D eigenvalue weighted by atomic mass is 9.88. The van der Waals surface area contributed by atoms with E-state index in [4.69, 9.17) is 11.5 Å². The molecule has 0 radical (unpaired) electrons. The summed E-state index contributed by atoms with van der Waals surface area (Å²) < 4.78 is 0.